The Bertz CT molecular complexity index is 1090. The second-order valence-electron chi connectivity index (χ2n) is 10.1. The molecule has 174 valence electrons. The highest BCUT2D eigenvalue weighted by Gasteiger charge is 2.57. The van der Waals surface area contributed by atoms with Crippen molar-refractivity contribution in [2.24, 2.45) is 28.6 Å². The van der Waals surface area contributed by atoms with Gasteiger partial charge in [-0.1, -0.05) is 27.7 Å². The van der Waals surface area contributed by atoms with Crippen LogP contribution in [0.3, 0.4) is 0 Å². The minimum absolute atomic E-state index is 0.0235. The topological polar surface area (TPSA) is 75.0 Å². The SMILES string of the molecule is COc1cc2ccc(=O)oc2c(OC)c1OC[C@]1(C)[C@@H]2CCC(=O)[C@H](C)[C@@]2(C)CC[C@H]1C. The number of ketones is 1. The Morgan fingerprint density at radius 2 is 1.81 bits per heavy atom. The summed E-state index contributed by atoms with van der Waals surface area (Å²) in [5.41, 5.74) is -0.245. The smallest absolute Gasteiger partial charge is 0.336 e. The number of methoxy groups -OCH3 is 2. The molecule has 32 heavy (non-hydrogen) atoms. The van der Waals surface area contributed by atoms with Gasteiger partial charge in [-0.3, -0.25) is 4.79 Å². The monoisotopic (exact) mass is 442 g/mol. The summed E-state index contributed by atoms with van der Waals surface area (Å²) in [6.45, 7) is 9.43. The van der Waals surface area contributed by atoms with Crippen LogP contribution in [0.15, 0.2) is 27.4 Å². The molecule has 6 heteroatoms. The number of Topliss-reactive ketones (excluding diaryl/α,β-unsaturated/α-hetero) is 1. The molecule has 0 amide bonds. The van der Waals surface area contributed by atoms with Crippen molar-refractivity contribution in [3.05, 3.63) is 28.6 Å². The van der Waals surface area contributed by atoms with Crippen molar-refractivity contribution in [3.8, 4) is 17.2 Å². The van der Waals surface area contributed by atoms with E-state index in [1.807, 2.05) is 0 Å². The van der Waals surface area contributed by atoms with Crippen LogP contribution in [0.5, 0.6) is 17.2 Å². The highest BCUT2D eigenvalue weighted by Crippen LogP contribution is 2.61. The molecule has 2 saturated carbocycles. The van der Waals surface area contributed by atoms with E-state index in [0.717, 1.165) is 19.3 Å². The van der Waals surface area contributed by atoms with Crippen LogP contribution in [-0.2, 0) is 4.79 Å². The van der Waals surface area contributed by atoms with E-state index < -0.39 is 5.63 Å². The fraction of sp³-hybridized carbons (Fsp3) is 0.615. The number of carbonyl (C=O) groups is 1. The summed E-state index contributed by atoms with van der Waals surface area (Å²) in [6, 6.07) is 4.86. The Balaban J connectivity index is 1.73. The van der Waals surface area contributed by atoms with Gasteiger partial charge in [-0.2, -0.15) is 0 Å². The van der Waals surface area contributed by atoms with Crippen molar-refractivity contribution in [2.75, 3.05) is 20.8 Å². The first-order chi connectivity index (χ1) is 15.2. The number of carbonyl (C=O) groups excluding carboxylic acids is 1. The lowest BCUT2D eigenvalue weighted by atomic mass is 9.45. The second-order valence-corrected chi connectivity index (χ2v) is 10.1. The van der Waals surface area contributed by atoms with E-state index in [1.165, 1.54) is 13.2 Å². The Labute approximate surface area is 189 Å². The van der Waals surface area contributed by atoms with E-state index in [1.54, 1.807) is 19.2 Å². The van der Waals surface area contributed by atoms with Crippen LogP contribution < -0.4 is 19.8 Å². The van der Waals surface area contributed by atoms with Crippen molar-refractivity contribution < 1.29 is 23.4 Å². The van der Waals surface area contributed by atoms with Gasteiger partial charge in [0.2, 0.25) is 11.5 Å². The van der Waals surface area contributed by atoms with Crippen LogP contribution in [0.25, 0.3) is 11.0 Å². The minimum Gasteiger partial charge on any atom is -0.493 e. The molecule has 0 unspecified atom stereocenters. The molecule has 1 aromatic carbocycles. The standard InChI is InChI=1S/C26H34O6/c1-15-11-12-25(3)16(2)18(27)8-9-20(25)26(15,4)14-31-23-19(29-5)13-17-7-10-21(28)32-22(17)24(23)30-6/h7,10,13,15-16,20H,8-9,11-12,14H2,1-6H3/t15-,16+,20-,25-,26+/m1/s1. The lowest BCUT2D eigenvalue weighted by molar-refractivity contribution is -0.151. The zero-order chi connectivity index (χ0) is 23.3. The molecule has 5 atom stereocenters. The van der Waals surface area contributed by atoms with Crippen molar-refractivity contribution >= 4 is 16.8 Å². The van der Waals surface area contributed by atoms with E-state index in [9.17, 15) is 9.59 Å². The third kappa shape index (κ3) is 3.39. The second kappa shape index (κ2) is 8.13. The molecule has 4 rings (SSSR count). The summed E-state index contributed by atoms with van der Waals surface area (Å²) in [7, 11) is 3.12. The number of fused-ring (bicyclic) bond motifs is 2. The van der Waals surface area contributed by atoms with E-state index >= 15 is 0 Å². The molecule has 0 saturated heterocycles. The Morgan fingerprint density at radius 1 is 1.06 bits per heavy atom. The quantitative estimate of drug-likeness (QED) is 0.589. The summed E-state index contributed by atoms with van der Waals surface area (Å²) < 4.78 is 23.2. The zero-order valence-corrected chi connectivity index (χ0v) is 19.9. The van der Waals surface area contributed by atoms with E-state index in [2.05, 4.69) is 27.7 Å². The first-order valence-electron chi connectivity index (χ1n) is 11.5. The summed E-state index contributed by atoms with van der Waals surface area (Å²) in [5.74, 6) is 2.60. The first-order valence-corrected chi connectivity index (χ1v) is 11.5. The molecule has 0 spiro atoms. The number of ether oxygens (including phenoxy) is 3. The number of hydrogen-bond donors (Lipinski definition) is 0. The third-order valence-electron chi connectivity index (χ3n) is 8.72. The van der Waals surface area contributed by atoms with Crippen molar-refractivity contribution in [1.29, 1.82) is 0 Å². The summed E-state index contributed by atoms with van der Waals surface area (Å²) in [5, 5.41) is 0.704. The van der Waals surface area contributed by atoms with Crippen LogP contribution in [0.4, 0.5) is 0 Å². The van der Waals surface area contributed by atoms with Gasteiger partial charge in [-0.25, -0.2) is 4.79 Å². The highest BCUT2D eigenvalue weighted by molar-refractivity contribution is 5.88. The van der Waals surface area contributed by atoms with Crippen molar-refractivity contribution in [3.63, 3.8) is 0 Å². The van der Waals surface area contributed by atoms with Gasteiger partial charge in [0, 0.05) is 29.2 Å². The maximum Gasteiger partial charge on any atom is 0.336 e. The Hall–Kier alpha value is -2.50. The van der Waals surface area contributed by atoms with Gasteiger partial charge < -0.3 is 18.6 Å². The molecule has 2 fully saturated rings. The van der Waals surface area contributed by atoms with Gasteiger partial charge in [0.15, 0.2) is 11.3 Å². The third-order valence-corrected chi connectivity index (χ3v) is 8.72. The number of benzene rings is 1. The minimum atomic E-state index is -0.448. The molecule has 1 aromatic heterocycles. The molecule has 0 bridgehead atoms. The maximum absolute atomic E-state index is 12.5. The predicted octanol–water partition coefficient (Wildman–Crippen LogP) is 5.25. The number of rotatable bonds is 5. The van der Waals surface area contributed by atoms with Gasteiger partial charge in [-0.15, -0.1) is 0 Å². The molecule has 6 nitrogen and oxygen atoms in total. The predicted molar refractivity (Wildman–Crippen MR) is 123 cm³/mol. The highest BCUT2D eigenvalue weighted by atomic mass is 16.5. The van der Waals surface area contributed by atoms with Crippen LogP contribution in [0, 0.1) is 28.6 Å². The Kier molecular flexibility index (Phi) is 5.76. The van der Waals surface area contributed by atoms with Crippen LogP contribution >= 0.6 is 0 Å². The average Bonchev–Trinajstić information content (AvgIpc) is 2.78. The van der Waals surface area contributed by atoms with Crippen molar-refractivity contribution in [1.82, 2.24) is 0 Å². The van der Waals surface area contributed by atoms with E-state index in [-0.39, 0.29) is 16.7 Å². The van der Waals surface area contributed by atoms with Gasteiger partial charge >= 0.3 is 5.63 Å². The first kappa shape index (κ1) is 22.7. The van der Waals surface area contributed by atoms with Crippen LogP contribution in [-0.4, -0.2) is 26.6 Å². The lowest BCUT2D eigenvalue weighted by Crippen LogP contribution is -2.56. The average molecular weight is 443 g/mol. The van der Waals surface area contributed by atoms with Gasteiger partial charge in [0.05, 0.1) is 20.8 Å². The molecule has 0 N–H and O–H groups in total. The van der Waals surface area contributed by atoms with Gasteiger partial charge in [0.25, 0.3) is 0 Å². The normalized spacial score (nSPS) is 32.4. The van der Waals surface area contributed by atoms with E-state index in [4.69, 9.17) is 18.6 Å². The molecular weight excluding hydrogens is 408 g/mol. The summed E-state index contributed by atoms with van der Waals surface area (Å²) in [4.78, 5) is 24.4. The lowest BCUT2D eigenvalue weighted by Gasteiger charge is -2.59. The van der Waals surface area contributed by atoms with Crippen molar-refractivity contribution in [2.45, 2.75) is 53.4 Å². The van der Waals surface area contributed by atoms with Gasteiger partial charge in [-0.05, 0) is 48.6 Å². The molecule has 2 aromatic rings. The van der Waals surface area contributed by atoms with Gasteiger partial charge in [0.1, 0.15) is 5.78 Å². The fourth-order valence-corrected chi connectivity index (χ4v) is 6.26. The fourth-order valence-electron chi connectivity index (χ4n) is 6.26. The molecule has 0 radical (unpaired) electrons. The molecule has 0 aliphatic heterocycles. The molecule has 2 aliphatic carbocycles. The summed E-state index contributed by atoms with van der Waals surface area (Å²) in [6.07, 6.45) is 3.66. The zero-order valence-electron chi connectivity index (χ0n) is 19.9. The molecule has 2 aliphatic rings. The summed E-state index contributed by atoms with van der Waals surface area (Å²) >= 11 is 0. The van der Waals surface area contributed by atoms with Crippen LogP contribution in [0.2, 0.25) is 0 Å². The number of hydrogen-bond acceptors (Lipinski definition) is 6. The van der Waals surface area contributed by atoms with Crippen LogP contribution in [0.1, 0.15) is 53.4 Å². The molecule has 1 heterocycles. The maximum atomic E-state index is 12.5. The largest absolute Gasteiger partial charge is 0.493 e. The molecular formula is C26H34O6. The van der Waals surface area contributed by atoms with E-state index in [0.29, 0.717) is 58.9 Å². The Morgan fingerprint density at radius 3 is 2.50 bits per heavy atom.